The number of likely N-dealkylation sites (tertiary alicyclic amines) is 1. The van der Waals surface area contributed by atoms with E-state index in [0.717, 1.165) is 36.3 Å². The highest BCUT2D eigenvalue weighted by Crippen LogP contribution is 2.35. The van der Waals surface area contributed by atoms with E-state index in [4.69, 9.17) is 27.5 Å². The molecule has 1 spiro atoms. The van der Waals surface area contributed by atoms with E-state index in [2.05, 4.69) is 16.3 Å². The Bertz CT molecular complexity index is 952. The van der Waals surface area contributed by atoms with Crippen LogP contribution in [0.5, 0.6) is 5.75 Å². The smallest absolute Gasteiger partial charge is 0.258 e. The van der Waals surface area contributed by atoms with Gasteiger partial charge in [-0.1, -0.05) is 17.7 Å². The van der Waals surface area contributed by atoms with Crippen molar-refractivity contribution in [3.63, 3.8) is 0 Å². The number of amides is 1. The molecule has 1 saturated heterocycles. The summed E-state index contributed by atoms with van der Waals surface area (Å²) in [6.45, 7) is 4.34. The van der Waals surface area contributed by atoms with Gasteiger partial charge in [0.1, 0.15) is 5.75 Å². The number of halogens is 1. The number of nitrogen functional groups attached to an aromatic ring is 1. The Morgan fingerprint density at radius 2 is 2.07 bits per heavy atom. The van der Waals surface area contributed by atoms with Crippen LogP contribution < -0.4 is 15.8 Å². The molecule has 2 heterocycles. The molecule has 4 rings (SSSR count). The number of aryl methyl sites for hydroxylation is 1. The number of piperidine rings is 1. The number of carbonyl (C=O) groups excluding carboxylic acids is 1. The Balaban J connectivity index is 1.45. The lowest BCUT2D eigenvalue weighted by Crippen LogP contribution is -2.60. The van der Waals surface area contributed by atoms with Crippen LogP contribution in [0.1, 0.15) is 39.9 Å². The first-order chi connectivity index (χ1) is 13.4. The van der Waals surface area contributed by atoms with Gasteiger partial charge in [-0.25, -0.2) is 0 Å². The van der Waals surface area contributed by atoms with Crippen LogP contribution in [-0.4, -0.2) is 35.8 Å². The third kappa shape index (κ3) is 3.45. The van der Waals surface area contributed by atoms with E-state index in [0.29, 0.717) is 34.9 Å². The van der Waals surface area contributed by atoms with Crippen molar-refractivity contribution in [1.82, 2.24) is 10.2 Å². The highest BCUT2D eigenvalue weighted by Gasteiger charge is 2.42. The first-order valence-corrected chi connectivity index (χ1v) is 9.70. The average Bonchev–Trinajstić information content (AvgIpc) is 2.67. The van der Waals surface area contributed by atoms with Gasteiger partial charge in [-0.15, -0.1) is 0 Å². The van der Waals surface area contributed by atoms with Gasteiger partial charge in [0.2, 0.25) is 0 Å². The summed E-state index contributed by atoms with van der Waals surface area (Å²) in [6, 6.07) is 9.19. The van der Waals surface area contributed by atoms with Gasteiger partial charge in [0.25, 0.3) is 5.91 Å². The quantitative estimate of drug-likeness (QED) is 0.546. The summed E-state index contributed by atoms with van der Waals surface area (Å²) in [4.78, 5) is 14.9. The third-order valence-corrected chi connectivity index (χ3v) is 5.77. The van der Waals surface area contributed by atoms with Crippen molar-refractivity contribution >= 4 is 29.4 Å². The number of nitrogens with one attached hydrogen (secondary N) is 2. The normalized spacial score (nSPS) is 18.3. The average molecular weight is 399 g/mol. The van der Waals surface area contributed by atoms with Gasteiger partial charge in [-0.05, 0) is 42.3 Å². The second-order valence-corrected chi connectivity index (χ2v) is 7.96. The molecule has 2 aromatic carbocycles. The molecule has 1 fully saturated rings. The van der Waals surface area contributed by atoms with Gasteiger partial charge in [-0.2, -0.15) is 0 Å². The Kier molecular flexibility index (Phi) is 4.77. The van der Waals surface area contributed by atoms with Gasteiger partial charge < -0.3 is 21.2 Å². The highest BCUT2D eigenvalue weighted by atomic mass is 35.5. The predicted molar refractivity (Wildman–Crippen MR) is 110 cm³/mol. The van der Waals surface area contributed by atoms with Crippen LogP contribution in [0.15, 0.2) is 30.3 Å². The van der Waals surface area contributed by atoms with E-state index >= 15 is 0 Å². The van der Waals surface area contributed by atoms with Crippen molar-refractivity contribution in [2.75, 3.05) is 18.8 Å². The first-order valence-electron chi connectivity index (χ1n) is 9.32. The summed E-state index contributed by atoms with van der Waals surface area (Å²) in [7, 11) is 0. The molecule has 146 valence electrons. The standard InChI is InChI=1S/C21H23ClN4O2/c1-13-8-14(9-15(11-23)19(13)24)12-26-6-4-21(5-7-26)25-20(27)17-10-16(22)2-3-18(17)28-21/h2-3,8-11,23H,4-7,12,24H2,1H3,(H,25,27). The minimum atomic E-state index is -0.661. The molecule has 4 N–H and O–H groups in total. The third-order valence-electron chi connectivity index (χ3n) is 5.54. The molecule has 2 aromatic rings. The molecule has 2 aliphatic rings. The van der Waals surface area contributed by atoms with Gasteiger partial charge in [0.15, 0.2) is 5.72 Å². The fourth-order valence-corrected chi connectivity index (χ4v) is 4.12. The van der Waals surface area contributed by atoms with Gasteiger partial charge in [0, 0.05) is 55.0 Å². The van der Waals surface area contributed by atoms with Crippen LogP contribution in [0.4, 0.5) is 5.69 Å². The number of hydrogen-bond acceptors (Lipinski definition) is 5. The lowest BCUT2D eigenvalue weighted by Gasteiger charge is -2.44. The van der Waals surface area contributed by atoms with Gasteiger partial charge in [-0.3, -0.25) is 9.69 Å². The van der Waals surface area contributed by atoms with E-state index in [1.807, 2.05) is 13.0 Å². The molecule has 0 bridgehead atoms. The lowest BCUT2D eigenvalue weighted by atomic mass is 9.96. The zero-order chi connectivity index (χ0) is 19.9. The number of rotatable bonds is 3. The molecule has 28 heavy (non-hydrogen) atoms. The number of nitrogens with zero attached hydrogens (tertiary/aromatic N) is 1. The lowest BCUT2D eigenvalue weighted by molar-refractivity contribution is -0.0304. The molecule has 0 aliphatic carbocycles. The zero-order valence-corrected chi connectivity index (χ0v) is 16.5. The molecule has 0 saturated carbocycles. The molecule has 6 nitrogen and oxygen atoms in total. The van der Waals surface area contributed by atoms with E-state index in [-0.39, 0.29) is 5.91 Å². The van der Waals surface area contributed by atoms with Crippen LogP contribution in [-0.2, 0) is 6.54 Å². The molecule has 0 atom stereocenters. The summed E-state index contributed by atoms with van der Waals surface area (Å²) in [6.07, 6.45) is 2.70. The zero-order valence-electron chi connectivity index (χ0n) is 15.7. The summed E-state index contributed by atoms with van der Waals surface area (Å²) in [5.41, 5.74) is 9.38. The second-order valence-electron chi connectivity index (χ2n) is 7.53. The monoisotopic (exact) mass is 398 g/mol. The van der Waals surface area contributed by atoms with E-state index in [9.17, 15) is 4.79 Å². The summed E-state index contributed by atoms with van der Waals surface area (Å²) in [5, 5.41) is 11.1. The molecule has 0 unspecified atom stereocenters. The first kappa shape index (κ1) is 18.8. The molecule has 0 radical (unpaired) electrons. The van der Waals surface area contributed by atoms with Crippen LogP contribution in [0.2, 0.25) is 5.02 Å². The maximum absolute atomic E-state index is 12.5. The van der Waals surface area contributed by atoms with Gasteiger partial charge in [0.05, 0.1) is 5.56 Å². The van der Waals surface area contributed by atoms with Gasteiger partial charge >= 0.3 is 0 Å². The molecule has 2 aliphatic heterocycles. The molecular formula is C21H23ClN4O2. The highest BCUT2D eigenvalue weighted by molar-refractivity contribution is 6.31. The Morgan fingerprint density at radius 3 is 2.79 bits per heavy atom. The largest absolute Gasteiger partial charge is 0.467 e. The minimum Gasteiger partial charge on any atom is -0.467 e. The minimum absolute atomic E-state index is 0.137. The van der Waals surface area contributed by atoms with E-state index < -0.39 is 5.72 Å². The van der Waals surface area contributed by atoms with Crippen LogP contribution in [0.3, 0.4) is 0 Å². The van der Waals surface area contributed by atoms with Crippen molar-refractivity contribution in [1.29, 1.82) is 5.41 Å². The Labute approximate surface area is 169 Å². The Morgan fingerprint density at radius 1 is 1.32 bits per heavy atom. The SMILES string of the molecule is Cc1cc(CN2CCC3(CC2)NC(=O)c2cc(Cl)ccc2O3)cc(C=N)c1N. The maximum Gasteiger partial charge on any atom is 0.258 e. The van der Waals surface area contributed by atoms with Crippen molar-refractivity contribution in [3.8, 4) is 5.75 Å². The van der Waals surface area contributed by atoms with Crippen LogP contribution >= 0.6 is 11.6 Å². The number of hydrogen-bond donors (Lipinski definition) is 3. The molecular weight excluding hydrogens is 376 g/mol. The van der Waals surface area contributed by atoms with E-state index in [1.54, 1.807) is 18.2 Å². The number of benzene rings is 2. The fourth-order valence-electron chi connectivity index (χ4n) is 3.95. The van der Waals surface area contributed by atoms with E-state index in [1.165, 1.54) is 6.21 Å². The second kappa shape index (κ2) is 7.11. The summed E-state index contributed by atoms with van der Waals surface area (Å²) in [5.74, 6) is 0.452. The van der Waals surface area contributed by atoms with Crippen molar-refractivity contribution < 1.29 is 9.53 Å². The molecule has 1 amide bonds. The Hall–Kier alpha value is -2.57. The van der Waals surface area contributed by atoms with Crippen molar-refractivity contribution in [2.45, 2.75) is 32.0 Å². The van der Waals surface area contributed by atoms with Crippen LogP contribution in [0.25, 0.3) is 0 Å². The number of anilines is 1. The number of carbonyl (C=O) groups is 1. The molecule has 7 heteroatoms. The number of ether oxygens (including phenoxy) is 1. The maximum atomic E-state index is 12.5. The molecule has 0 aromatic heterocycles. The van der Waals surface area contributed by atoms with Crippen LogP contribution in [0, 0.1) is 12.3 Å². The summed E-state index contributed by atoms with van der Waals surface area (Å²) >= 11 is 5.99. The topological polar surface area (TPSA) is 91.4 Å². The fraction of sp³-hybridized carbons (Fsp3) is 0.333. The van der Waals surface area contributed by atoms with Crippen molar-refractivity contribution in [3.05, 3.63) is 57.6 Å². The number of fused-ring (bicyclic) bond motifs is 1. The van der Waals surface area contributed by atoms with Crippen molar-refractivity contribution in [2.24, 2.45) is 0 Å². The summed E-state index contributed by atoms with van der Waals surface area (Å²) < 4.78 is 6.19. The number of nitrogens with two attached hydrogens (primary N) is 1. The predicted octanol–water partition coefficient (Wildman–Crippen LogP) is 3.34.